The monoisotopic (exact) mass is 535 g/mol. The standard InChI is InChI=1S/C31H33N7O2/c32-28-27-26(20-8-10-21(11-9-20)30(39)35-25-17-23(12-13-33-25)19-6-7-19)36-29(38(27)16-14-34-28)24-5-2-15-37(18-24)31(40)22-3-1-4-22/h8-14,16-17,19,22,24H,1-7,15,18H2,(H2,32,34)(H,33,35,39). The maximum atomic E-state index is 13.0. The summed E-state index contributed by atoms with van der Waals surface area (Å²) in [5, 5.41) is 2.92. The van der Waals surface area contributed by atoms with Crippen molar-refractivity contribution in [1.82, 2.24) is 24.3 Å². The van der Waals surface area contributed by atoms with E-state index in [1.54, 1.807) is 24.5 Å². The van der Waals surface area contributed by atoms with Gasteiger partial charge >= 0.3 is 0 Å². The molecule has 3 aliphatic rings. The molecule has 0 radical (unpaired) electrons. The molecule has 3 fully saturated rings. The van der Waals surface area contributed by atoms with E-state index in [0.29, 0.717) is 35.6 Å². The molecule has 4 heterocycles. The first kappa shape index (κ1) is 24.7. The van der Waals surface area contributed by atoms with Gasteiger partial charge in [-0.1, -0.05) is 18.6 Å². The highest BCUT2D eigenvalue weighted by molar-refractivity contribution is 6.04. The number of aromatic nitrogens is 4. The Hall–Kier alpha value is -4.27. The molecule has 3 aromatic heterocycles. The fraction of sp³-hybridized carbons (Fsp3) is 0.387. The molecule has 2 aliphatic carbocycles. The van der Waals surface area contributed by atoms with E-state index in [-0.39, 0.29) is 17.7 Å². The van der Waals surface area contributed by atoms with Crippen LogP contribution < -0.4 is 11.1 Å². The Balaban J connectivity index is 1.15. The highest BCUT2D eigenvalue weighted by Gasteiger charge is 2.34. The van der Waals surface area contributed by atoms with E-state index < -0.39 is 0 Å². The van der Waals surface area contributed by atoms with E-state index in [9.17, 15) is 9.59 Å². The fourth-order valence-corrected chi connectivity index (χ4v) is 6.03. The summed E-state index contributed by atoms with van der Waals surface area (Å²) in [4.78, 5) is 41.7. The number of carbonyl (C=O) groups is 2. The molecule has 1 aromatic carbocycles. The van der Waals surface area contributed by atoms with E-state index in [2.05, 4.69) is 15.3 Å². The van der Waals surface area contributed by atoms with Gasteiger partial charge in [-0.25, -0.2) is 15.0 Å². The number of nitrogen functional groups attached to an aromatic ring is 1. The van der Waals surface area contributed by atoms with Crippen molar-refractivity contribution in [2.75, 3.05) is 24.1 Å². The van der Waals surface area contributed by atoms with Crippen LogP contribution in [0.3, 0.4) is 0 Å². The van der Waals surface area contributed by atoms with Crippen LogP contribution >= 0.6 is 0 Å². The van der Waals surface area contributed by atoms with E-state index in [0.717, 1.165) is 61.2 Å². The summed E-state index contributed by atoms with van der Waals surface area (Å²) in [5.41, 5.74) is 10.5. The number of hydrogen-bond donors (Lipinski definition) is 2. The van der Waals surface area contributed by atoms with Crippen LogP contribution in [0.15, 0.2) is 55.0 Å². The molecule has 9 heteroatoms. The van der Waals surface area contributed by atoms with Gasteiger partial charge in [0.15, 0.2) is 0 Å². The topological polar surface area (TPSA) is 119 Å². The van der Waals surface area contributed by atoms with Crippen molar-refractivity contribution in [2.24, 2.45) is 5.92 Å². The zero-order chi connectivity index (χ0) is 27.2. The summed E-state index contributed by atoms with van der Waals surface area (Å²) in [6.07, 6.45) is 12.8. The van der Waals surface area contributed by atoms with E-state index in [1.807, 2.05) is 39.8 Å². The largest absolute Gasteiger partial charge is 0.382 e. The molecule has 2 amide bonds. The lowest BCUT2D eigenvalue weighted by molar-refractivity contribution is -0.139. The zero-order valence-corrected chi connectivity index (χ0v) is 22.4. The Labute approximate surface area is 232 Å². The third-order valence-corrected chi connectivity index (χ3v) is 8.66. The van der Waals surface area contributed by atoms with Crippen LogP contribution in [0.1, 0.15) is 78.5 Å². The number of hydrogen-bond acceptors (Lipinski definition) is 6. The van der Waals surface area contributed by atoms with Crippen LogP contribution in [-0.4, -0.2) is 49.2 Å². The van der Waals surface area contributed by atoms with Gasteiger partial charge in [0.05, 0.1) is 0 Å². The number of amides is 2. The molecule has 1 unspecified atom stereocenters. The van der Waals surface area contributed by atoms with Gasteiger partial charge in [0.1, 0.15) is 28.7 Å². The zero-order valence-electron chi connectivity index (χ0n) is 22.4. The van der Waals surface area contributed by atoms with Gasteiger partial charge in [-0.3, -0.25) is 14.0 Å². The Kier molecular flexibility index (Phi) is 6.21. The maximum Gasteiger partial charge on any atom is 0.256 e. The van der Waals surface area contributed by atoms with Gasteiger partial charge in [-0.2, -0.15) is 0 Å². The van der Waals surface area contributed by atoms with Gasteiger partial charge in [0.2, 0.25) is 5.91 Å². The minimum atomic E-state index is -0.206. The third-order valence-electron chi connectivity index (χ3n) is 8.66. The molecule has 0 spiro atoms. The average molecular weight is 536 g/mol. The van der Waals surface area contributed by atoms with E-state index >= 15 is 0 Å². The lowest BCUT2D eigenvalue weighted by atomic mass is 9.83. The van der Waals surface area contributed by atoms with E-state index in [1.165, 1.54) is 18.4 Å². The fourth-order valence-electron chi connectivity index (χ4n) is 6.03. The Morgan fingerprint density at radius 2 is 1.75 bits per heavy atom. The summed E-state index contributed by atoms with van der Waals surface area (Å²) in [5.74, 6) is 2.86. The molecule has 1 saturated heterocycles. The van der Waals surface area contributed by atoms with Crippen LogP contribution in [-0.2, 0) is 4.79 Å². The maximum absolute atomic E-state index is 13.0. The lowest BCUT2D eigenvalue weighted by Crippen LogP contribution is -2.44. The average Bonchev–Trinajstić information content (AvgIpc) is 3.73. The quantitative estimate of drug-likeness (QED) is 0.358. The van der Waals surface area contributed by atoms with Crippen LogP contribution in [0, 0.1) is 5.92 Å². The summed E-state index contributed by atoms with van der Waals surface area (Å²) in [6, 6.07) is 11.4. The van der Waals surface area contributed by atoms with Crippen LogP contribution in [0.4, 0.5) is 11.6 Å². The minimum absolute atomic E-state index is 0.116. The molecule has 0 bridgehead atoms. The second kappa shape index (κ2) is 10.0. The SMILES string of the molecule is Nc1nccn2c(C3CCCN(C(=O)C4CCC4)C3)nc(-c3ccc(C(=O)Nc4cc(C5CC5)ccn4)cc3)c12. The van der Waals surface area contributed by atoms with Crippen molar-refractivity contribution in [3.8, 4) is 11.3 Å². The molecular weight excluding hydrogens is 502 g/mol. The van der Waals surface area contributed by atoms with E-state index in [4.69, 9.17) is 10.7 Å². The first-order chi connectivity index (χ1) is 19.5. The molecule has 1 atom stereocenters. The summed E-state index contributed by atoms with van der Waals surface area (Å²) >= 11 is 0. The molecule has 204 valence electrons. The Morgan fingerprint density at radius 3 is 2.50 bits per heavy atom. The van der Waals surface area contributed by atoms with Crippen molar-refractivity contribution < 1.29 is 9.59 Å². The second-order valence-electron chi connectivity index (χ2n) is 11.4. The number of imidazole rings is 1. The highest BCUT2D eigenvalue weighted by Crippen LogP contribution is 2.40. The number of piperidine rings is 1. The Morgan fingerprint density at radius 1 is 0.925 bits per heavy atom. The summed E-state index contributed by atoms with van der Waals surface area (Å²) in [7, 11) is 0. The van der Waals surface area contributed by atoms with Gasteiger partial charge in [0.25, 0.3) is 5.91 Å². The van der Waals surface area contributed by atoms with Crippen molar-refractivity contribution in [3.05, 3.63) is 71.9 Å². The molecule has 9 nitrogen and oxygen atoms in total. The normalized spacial score (nSPS) is 19.4. The second-order valence-corrected chi connectivity index (χ2v) is 11.4. The van der Waals surface area contributed by atoms with Gasteiger partial charge in [-0.05, 0) is 74.3 Å². The smallest absolute Gasteiger partial charge is 0.256 e. The number of likely N-dealkylation sites (tertiary alicyclic amines) is 1. The molecule has 7 rings (SSSR count). The van der Waals surface area contributed by atoms with Crippen LogP contribution in [0.2, 0.25) is 0 Å². The number of nitrogens with one attached hydrogen (secondary N) is 1. The predicted octanol–water partition coefficient (Wildman–Crippen LogP) is 5.01. The first-order valence-electron chi connectivity index (χ1n) is 14.3. The summed E-state index contributed by atoms with van der Waals surface area (Å²) < 4.78 is 2.03. The molecule has 4 aromatic rings. The van der Waals surface area contributed by atoms with Crippen molar-refractivity contribution in [2.45, 2.75) is 56.8 Å². The van der Waals surface area contributed by atoms with Crippen molar-refractivity contribution in [3.63, 3.8) is 0 Å². The number of fused-ring (bicyclic) bond motifs is 1. The van der Waals surface area contributed by atoms with Gasteiger partial charge < -0.3 is 16.0 Å². The van der Waals surface area contributed by atoms with Gasteiger partial charge in [0, 0.05) is 54.6 Å². The van der Waals surface area contributed by atoms with Crippen LogP contribution in [0.25, 0.3) is 16.8 Å². The molecule has 3 N–H and O–H groups in total. The minimum Gasteiger partial charge on any atom is -0.382 e. The lowest BCUT2D eigenvalue weighted by Gasteiger charge is -2.36. The molecule has 2 saturated carbocycles. The first-order valence-corrected chi connectivity index (χ1v) is 14.3. The molecule has 40 heavy (non-hydrogen) atoms. The molecule has 1 aliphatic heterocycles. The Bertz CT molecular complexity index is 1590. The number of benzene rings is 1. The number of nitrogens with zero attached hydrogens (tertiary/aromatic N) is 5. The van der Waals surface area contributed by atoms with Crippen molar-refractivity contribution in [1.29, 1.82) is 0 Å². The number of rotatable bonds is 6. The predicted molar refractivity (Wildman–Crippen MR) is 153 cm³/mol. The number of nitrogens with two attached hydrogens (primary N) is 1. The molecular formula is C31H33N7O2. The number of pyridine rings is 1. The van der Waals surface area contributed by atoms with Crippen molar-refractivity contribution >= 4 is 29.0 Å². The number of anilines is 2. The van der Waals surface area contributed by atoms with Crippen LogP contribution in [0.5, 0.6) is 0 Å². The summed E-state index contributed by atoms with van der Waals surface area (Å²) in [6.45, 7) is 1.49. The third kappa shape index (κ3) is 4.59. The number of carbonyl (C=O) groups excluding carboxylic acids is 2. The van der Waals surface area contributed by atoms with Gasteiger partial charge in [-0.15, -0.1) is 0 Å². The highest BCUT2D eigenvalue weighted by atomic mass is 16.2.